The lowest BCUT2D eigenvalue weighted by atomic mass is 10.2. The van der Waals surface area contributed by atoms with Crippen LogP contribution >= 0.6 is 12.2 Å². The van der Waals surface area contributed by atoms with Gasteiger partial charge in [0.25, 0.3) is 0 Å². The van der Waals surface area contributed by atoms with Crippen LogP contribution in [0, 0.1) is 11.7 Å². The van der Waals surface area contributed by atoms with Crippen molar-refractivity contribution >= 4 is 23.3 Å². The number of ether oxygens (including phenoxy) is 1. The second-order valence-electron chi connectivity index (χ2n) is 5.58. The van der Waals surface area contributed by atoms with Crippen molar-refractivity contribution in [2.24, 2.45) is 0 Å². The summed E-state index contributed by atoms with van der Waals surface area (Å²) in [5, 5.41) is 0. The molecule has 2 aromatic rings. The molecule has 20 heavy (non-hydrogen) atoms. The van der Waals surface area contributed by atoms with Crippen LogP contribution in [0.25, 0.3) is 11.0 Å². The molecule has 1 aliphatic rings. The average Bonchev–Trinajstić information content (AvgIpc) is 2.75. The minimum Gasteiger partial charge on any atom is -0.379 e. The Bertz CT molecular complexity index is 655. The van der Waals surface area contributed by atoms with Crippen molar-refractivity contribution in [3.63, 3.8) is 0 Å². The summed E-state index contributed by atoms with van der Waals surface area (Å²) in [5.41, 5.74) is 3.59. The number of hydrogen-bond donors (Lipinski definition) is 1. The second-order valence-corrected chi connectivity index (χ2v) is 5.97. The molecule has 0 amide bonds. The van der Waals surface area contributed by atoms with E-state index in [9.17, 15) is 0 Å². The SMILES string of the molecule is Cc1ccc2[nH]c(=S)n(C(C)CN3CCOCC3)c2c1. The van der Waals surface area contributed by atoms with Crippen LogP contribution in [0.15, 0.2) is 18.2 Å². The van der Waals surface area contributed by atoms with Crippen LogP contribution in [-0.2, 0) is 4.74 Å². The first-order valence-electron chi connectivity index (χ1n) is 7.16. The predicted molar refractivity (Wildman–Crippen MR) is 83.8 cm³/mol. The zero-order chi connectivity index (χ0) is 14.1. The molecular formula is C15H21N3OS. The van der Waals surface area contributed by atoms with Crippen LogP contribution in [0.1, 0.15) is 18.5 Å². The van der Waals surface area contributed by atoms with E-state index in [-0.39, 0.29) is 0 Å². The molecule has 0 spiro atoms. The van der Waals surface area contributed by atoms with E-state index in [0.29, 0.717) is 6.04 Å². The Labute approximate surface area is 124 Å². The number of aromatic nitrogens is 2. The average molecular weight is 291 g/mol. The highest BCUT2D eigenvalue weighted by atomic mass is 32.1. The largest absolute Gasteiger partial charge is 0.379 e. The summed E-state index contributed by atoms with van der Waals surface area (Å²) in [4.78, 5) is 5.76. The summed E-state index contributed by atoms with van der Waals surface area (Å²) >= 11 is 5.50. The van der Waals surface area contributed by atoms with Crippen molar-refractivity contribution in [3.05, 3.63) is 28.5 Å². The van der Waals surface area contributed by atoms with Crippen molar-refractivity contribution in [3.8, 4) is 0 Å². The summed E-state index contributed by atoms with van der Waals surface area (Å²) in [6.07, 6.45) is 0. The smallest absolute Gasteiger partial charge is 0.178 e. The van der Waals surface area contributed by atoms with Crippen LogP contribution < -0.4 is 0 Å². The van der Waals surface area contributed by atoms with Gasteiger partial charge in [-0.2, -0.15) is 0 Å². The maximum absolute atomic E-state index is 5.50. The zero-order valence-electron chi connectivity index (χ0n) is 12.1. The quantitative estimate of drug-likeness (QED) is 0.883. The molecule has 1 aromatic heterocycles. The van der Waals surface area contributed by atoms with E-state index in [1.807, 2.05) is 0 Å². The Hall–Kier alpha value is -1.17. The highest BCUT2D eigenvalue weighted by Crippen LogP contribution is 2.21. The van der Waals surface area contributed by atoms with E-state index in [4.69, 9.17) is 17.0 Å². The molecule has 1 aromatic carbocycles. The standard InChI is InChI=1S/C15H21N3OS/c1-11-3-4-13-14(9-11)18(15(20)16-13)12(2)10-17-5-7-19-8-6-17/h3-4,9,12H,5-8,10H2,1-2H3,(H,16,20). The first kappa shape index (κ1) is 13.8. The van der Waals surface area contributed by atoms with Crippen molar-refractivity contribution < 1.29 is 4.74 Å². The number of aromatic amines is 1. The van der Waals surface area contributed by atoms with Crippen molar-refractivity contribution in [1.82, 2.24) is 14.5 Å². The van der Waals surface area contributed by atoms with Gasteiger partial charge in [-0.1, -0.05) is 6.07 Å². The summed E-state index contributed by atoms with van der Waals surface area (Å²) < 4.78 is 8.46. The molecule has 1 unspecified atom stereocenters. The molecule has 1 aliphatic heterocycles. The van der Waals surface area contributed by atoms with Crippen molar-refractivity contribution in [2.75, 3.05) is 32.8 Å². The van der Waals surface area contributed by atoms with E-state index in [0.717, 1.165) is 43.1 Å². The van der Waals surface area contributed by atoms with Gasteiger partial charge in [-0.05, 0) is 43.8 Å². The van der Waals surface area contributed by atoms with Gasteiger partial charge in [-0.15, -0.1) is 0 Å². The van der Waals surface area contributed by atoms with Crippen molar-refractivity contribution in [1.29, 1.82) is 0 Å². The zero-order valence-corrected chi connectivity index (χ0v) is 12.9. The number of benzene rings is 1. The van der Waals surface area contributed by atoms with Gasteiger partial charge >= 0.3 is 0 Å². The number of hydrogen-bond acceptors (Lipinski definition) is 3. The maximum Gasteiger partial charge on any atom is 0.178 e. The molecule has 4 nitrogen and oxygen atoms in total. The van der Waals surface area contributed by atoms with Crippen LogP contribution in [0.5, 0.6) is 0 Å². The van der Waals surface area contributed by atoms with Gasteiger partial charge in [0, 0.05) is 25.7 Å². The third-order valence-corrected chi connectivity index (χ3v) is 4.24. The Morgan fingerprint density at radius 3 is 2.85 bits per heavy atom. The number of fused-ring (bicyclic) bond motifs is 1. The van der Waals surface area contributed by atoms with Crippen LogP contribution in [0.4, 0.5) is 0 Å². The highest BCUT2D eigenvalue weighted by Gasteiger charge is 2.17. The maximum atomic E-state index is 5.50. The van der Waals surface area contributed by atoms with Crippen LogP contribution in [0.3, 0.4) is 0 Å². The Balaban J connectivity index is 1.90. The number of nitrogens with zero attached hydrogens (tertiary/aromatic N) is 2. The van der Waals surface area contributed by atoms with Gasteiger partial charge in [0.05, 0.1) is 24.2 Å². The van der Waals surface area contributed by atoms with E-state index >= 15 is 0 Å². The first-order valence-corrected chi connectivity index (χ1v) is 7.57. The monoisotopic (exact) mass is 291 g/mol. The third-order valence-electron chi connectivity index (χ3n) is 3.94. The van der Waals surface area contributed by atoms with Gasteiger partial charge in [0.1, 0.15) is 0 Å². The van der Waals surface area contributed by atoms with E-state index in [1.54, 1.807) is 0 Å². The normalized spacial score (nSPS) is 18.5. The molecule has 0 saturated carbocycles. The van der Waals surface area contributed by atoms with Gasteiger partial charge in [-0.3, -0.25) is 4.90 Å². The highest BCUT2D eigenvalue weighted by molar-refractivity contribution is 7.71. The Morgan fingerprint density at radius 2 is 2.10 bits per heavy atom. The number of nitrogens with one attached hydrogen (secondary N) is 1. The summed E-state index contributed by atoms with van der Waals surface area (Å²) in [6, 6.07) is 6.79. The molecule has 0 radical (unpaired) electrons. The molecule has 1 fully saturated rings. The summed E-state index contributed by atoms with van der Waals surface area (Å²) in [5.74, 6) is 0. The van der Waals surface area contributed by atoms with E-state index in [2.05, 4.69) is 46.5 Å². The Morgan fingerprint density at radius 1 is 1.35 bits per heavy atom. The number of morpholine rings is 1. The minimum atomic E-state index is 0.358. The second kappa shape index (κ2) is 5.68. The molecule has 1 atom stereocenters. The van der Waals surface area contributed by atoms with Gasteiger partial charge in [0.2, 0.25) is 0 Å². The number of aryl methyl sites for hydroxylation is 1. The predicted octanol–water partition coefficient (Wildman–Crippen LogP) is 2.90. The fourth-order valence-electron chi connectivity index (χ4n) is 2.91. The topological polar surface area (TPSA) is 33.2 Å². The van der Waals surface area contributed by atoms with Gasteiger partial charge < -0.3 is 14.3 Å². The molecule has 2 heterocycles. The molecular weight excluding hydrogens is 270 g/mol. The number of rotatable bonds is 3. The lowest BCUT2D eigenvalue weighted by Gasteiger charge is -2.29. The van der Waals surface area contributed by atoms with E-state index in [1.165, 1.54) is 11.1 Å². The van der Waals surface area contributed by atoms with E-state index < -0.39 is 0 Å². The Kier molecular flexibility index (Phi) is 3.92. The van der Waals surface area contributed by atoms with Crippen molar-refractivity contribution in [2.45, 2.75) is 19.9 Å². The lowest BCUT2D eigenvalue weighted by molar-refractivity contribution is 0.0327. The summed E-state index contributed by atoms with van der Waals surface area (Å²) in [6.45, 7) is 9.07. The molecule has 3 rings (SSSR count). The van der Waals surface area contributed by atoms with Gasteiger partial charge in [0.15, 0.2) is 4.77 Å². The fraction of sp³-hybridized carbons (Fsp3) is 0.533. The first-order chi connectivity index (χ1) is 9.65. The number of imidazole rings is 1. The third kappa shape index (κ3) is 2.66. The minimum absolute atomic E-state index is 0.358. The summed E-state index contributed by atoms with van der Waals surface area (Å²) in [7, 11) is 0. The molecule has 1 saturated heterocycles. The van der Waals surface area contributed by atoms with Crippen LogP contribution in [-0.4, -0.2) is 47.3 Å². The van der Waals surface area contributed by atoms with Gasteiger partial charge in [-0.25, -0.2) is 0 Å². The lowest BCUT2D eigenvalue weighted by Crippen LogP contribution is -2.39. The van der Waals surface area contributed by atoms with Crippen LogP contribution in [0.2, 0.25) is 0 Å². The fourth-order valence-corrected chi connectivity index (χ4v) is 3.30. The molecule has 108 valence electrons. The molecule has 1 N–H and O–H groups in total. The number of H-pyrrole nitrogens is 1. The molecule has 0 bridgehead atoms. The molecule has 5 heteroatoms. The molecule has 0 aliphatic carbocycles.